The Morgan fingerprint density at radius 3 is 2.15 bits per heavy atom. The minimum absolute atomic E-state index is 0.329. The second-order valence-electron chi connectivity index (χ2n) is 4.52. The molecule has 0 amide bonds. The molecule has 1 aromatic carbocycles. The van der Waals surface area contributed by atoms with E-state index in [0.29, 0.717) is 10.2 Å². The maximum Gasteiger partial charge on any atom is 0.0234 e. The van der Waals surface area contributed by atoms with Gasteiger partial charge in [-0.15, -0.1) is 0 Å². The third kappa shape index (κ3) is 3.51. The summed E-state index contributed by atoms with van der Waals surface area (Å²) < 4.78 is 0. The molecule has 1 aromatic rings. The van der Waals surface area contributed by atoms with Crippen LogP contribution in [0.15, 0.2) is 30.3 Å². The van der Waals surface area contributed by atoms with Crippen molar-refractivity contribution >= 4 is 15.9 Å². The predicted molar refractivity (Wildman–Crippen MR) is 62.3 cm³/mol. The molecule has 0 bridgehead atoms. The van der Waals surface area contributed by atoms with Crippen LogP contribution in [0.1, 0.15) is 26.3 Å². The fraction of sp³-hybridized carbons (Fsp3) is 0.500. The van der Waals surface area contributed by atoms with Gasteiger partial charge in [-0.05, 0) is 17.4 Å². The second kappa shape index (κ2) is 4.28. The molecule has 0 aliphatic rings. The van der Waals surface area contributed by atoms with Crippen LogP contribution in [-0.2, 0) is 6.42 Å². The lowest BCUT2D eigenvalue weighted by Crippen LogP contribution is -2.22. The molecule has 1 atom stereocenters. The van der Waals surface area contributed by atoms with Crippen molar-refractivity contribution < 1.29 is 0 Å². The van der Waals surface area contributed by atoms with Gasteiger partial charge in [0.15, 0.2) is 0 Å². The summed E-state index contributed by atoms with van der Waals surface area (Å²) in [6, 6.07) is 10.6. The van der Waals surface area contributed by atoms with Crippen molar-refractivity contribution in [3.05, 3.63) is 35.9 Å². The fourth-order valence-corrected chi connectivity index (χ4v) is 1.50. The lowest BCUT2D eigenvalue weighted by molar-refractivity contribution is 0.398. The van der Waals surface area contributed by atoms with Crippen LogP contribution in [0.3, 0.4) is 0 Å². The molecule has 0 spiro atoms. The minimum Gasteiger partial charge on any atom is -0.0881 e. The first-order chi connectivity index (χ1) is 6.00. The molecule has 0 nitrogen and oxygen atoms in total. The SMILES string of the molecule is CC(C)(C)C(Br)Cc1ccccc1. The van der Waals surface area contributed by atoms with Gasteiger partial charge in [0.25, 0.3) is 0 Å². The molecule has 0 fully saturated rings. The molecule has 0 radical (unpaired) electrons. The number of alkyl halides is 1. The van der Waals surface area contributed by atoms with E-state index in [4.69, 9.17) is 0 Å². The summed E-state index contributed by atoms with van der Waals surface area (Å²) >= 11 is 3.74. The first kappa shape index (κ1) is 10.8. The van der Waals surface area contributed by atoms with Gasteiger partial charge in [-0.3, -0.25) is 0 Å². The Kier molecular flexibility index (Phi) is 3.55. The zero-order valence-electron chi connectivity index (χ0n) is 8.55. The Bertz CT molecular complexity index is 246. The highest BCUT2D eigenvalue weighted by molar-refractivity contribution is 9.09. The third-order valence-corrected chi connectivity index (χ3v) is 3.89. The summed E-state index contributed by atoms with van der Waals surface area (Å²) in [6.07, 6.45) is 1.10. The molecular formula is C12H17Br. The van der Waals surface area contributed by atoms with Crippen LogP contribution in [0.2, 0.25) is 0 Å². The van der Waals surface area contributed by atoms with Crippen LogP contribution in [0.25, 0.3) is 0 Å². The number of halogens is 1. The van der Waals surface area contributed by atoms with Gasteiger partial charge >= 0.3 is 0 Å². The summed E-state index contributed by atoms with van der Waals surface area (Å²) in [5, 5.41) is 0. The molecule has 0 aliphatic heterocycles. The van der Waals surface area contributed by atoms with E-state index < -0.39 is 0 Å². The topological polar surface area (TPSA) is 0 Å². The Balaban J connectivity index is 2.61. The highest BCUT2D eigenvalue weighted by Gasteiger charge is 2.21. The highest BCUT2D eigenvalue weighted by Crippen LogP contribution is 2.28. The summed E-state index contributed by atoms with van der Waals surface area (Å²) in [4.78, 5) is 0.544. The highest BCUT2D eigenvalue weighted by atomic mass is 79.9. The Morgan fingerprint density at radius 1 is 1.15 bits per heavy atom. The van der Waals surface area contributed by atoms with Gasteiger partial charge in [0.1, 0.15) is 0 Å². The molecule has 72 valence electrons. The van der Waals surface area contributed by atoms with Gasteiger partial charge in [0, 0.05) is 4.83 Å². The van der Waals surface area contributed by atoms with E-state index in [9.17, 15) is 0 Å². The lowest BCUT2D eigenvalue weighted by atomic mass is 9.88. The standard InChI is InChI=1S/C12H17Br/c1-12(2,3)11(13)9-10-7-5-4-6-8-10/h4-8,11H,9H2,1-3H3. The first-order valence-corrected chi connectivity index (χ1v) is 5.60. The first-order valence-electron chi connectivity index (χ1n) is 4.68. The van der Waals surface area contributed by atoms with E-state index >= 15 is 0 Å². The molecule has 0 heterocycles. The Hall–Kier alpha value is -0.300. The molecule has 1 unspecified atom stereocenters. The van der Waals surface area contributed by atoms with Crippen molar-refractivity contribution in [2.45, 2.75) is 32.0 Å². The molecule has 0 aromatic heterocycles. The largest absolute Gasteiger partial charge is 0.0881 e. The van der Waals surface area contributed by atoms with Crippen LogP contribution < -0.4 is 0 Å². The summed E-state index contributed by atoms with van der Waals surface area (Å²) in [7, 11) is 0. The number of hydrogen-bond donors (Lipinski definition) is 0. The zero-order valence-corrected chi connectivity index (χ0v) is 10.1. The molecule has 0 saturated carbocycles. The third-order valence-electron chi connectivity index (χ3n) is 2.20. The van der Waals surface area contributed by atoms with Crippen molar-refractivity contribution in [2.24, 2.45) is 5.41 Å². The fourth-order valence-electron chi connectivity index (χ4n) is 1.13. The molecule has 1 heteroatoms. The molecule has 0 aliphatic carbocycles. The van der Waals surface area contributed by atoms with Crippen LogP contribution in [-0.4, -0.2) is 4.83 Å². The average Bonchev–Trinajstić information content (AvgIpc) is 2.04. The lowest BCUT2D eigenvalue weighted by Gasteiger charge is -2.25. The predicted octanol–water partition coefficient (Wildman–Crippen LogP) is 4.04. The van der Waals surface area contributed by atoms with Crippen molar-refractivity contribution in [1.82, 2.24) is 0 Å². The molecule has 1 rings (SSSR count). The van der Waals surface area contributed by atoms with Crippen LogP contribution in [0.5, 0.6) is 0 Å². The quantitative estimate of drug-likeness (QED) is 0.685. The second-order valence-corrected chi connectivity index (χ2v) is 5.63. The van der Waals surface area contributed by atoms with Gasteiger partial charge in [0.2, 0.25) is 0 Å². The van der Waals surface area contributed by atoms with Crippen molar-refractivity contribution in [3.8, 4) is 0 Å². The molecule has 0 saturated heterocycles. The number of hydrogen-bond acceptors (Lipinski definition) is 0. The summed E-state index contributed by atoms with van der Waals surface area (Å²) in [5.41, 5.74) is 1.73. The molecule has 13 heavy (non-hydrogen) atoms. The zero-order chi connectivity index (χ0) is 9.90. The van der Waals surface area contributed by atoms with Gasteiger partial charge < -0.3 is 0 Å². The molecule has 0 N–H and O–H groups in total. The van der Waals surface area contributed by atoms with Gasteiger partial charge in [-0.1, -0.05) is 67.0 Å². The minimum atomic E-state index is 0.329. The van der Waals surface area contributed by atoms with E-state index in [0.717, 1.165) is 6.42 Å². The normalized spacial score (nSPS) is 14.2. The molecular weight excluding hydrogens is 224 g/mol. The summed E-state index contributed by atoms with van der Waals surface area (Å²) in [5.74, 6) is 0. The van der Waals surface area contributed by atoms with Crippen molar-refractivity contribution in [2.75, 3.05) is 0 Å². The van der Waals surface area contributed by atoms with Gasteiger partial charge in [0.05, 0.1) is 0 Å². The monoisotopic (exact) mass is 240 g/mol. The van der Waals surface area contributed by atoms with Crippen LogP contribution in [0, 0.1) is 5.41 Å². The van der Waals surface area contributed by atoms with E-state index in [2.05, 4.69) is 67.0 Å². The van der Waals surface area contributed by atoms with Gasteiger partial charge in [-0.2, -0.15) is 0 Å². The van der Waals surface area contributed by atoms with Crippen LogP contribution in [0.4, 0.5) is 0 Å². The average molecular weight is 241 g/mol. The number of rotatable bonds is 2. The van der Waals surface area contributed by atoms with Crippen LogP contribution >= 0.6 is 15.9 Å². The smallest absolute Gasteiger partial charge is 0.0234 e. The van der Waals surface area contributed by atoms with Gasteiger partial charge in [-0.25, -0.2) is 0 Å². The number of benzene rings is 1. The van der Waals surface area contributed by atoms with E-state index in [-0.39, 0.29) is 0 Å². The van der Waals surface area contributed by atoms with E-state index in [1.807, 2.05) is 0 Å². The van der Waals surface area contributed by atoms with Crippen molar-refractivity contribution in [3.63, 3.8) is 0 Å². The maximum atomic E-state index is 3.74. The maximum absolute atomic E-state index is 3.74. The summed E-state index contributed by atoms with van der Waals surface area (Å²) in [6.45, 7) is 6.78. The van der Waals surface area contributed by atoms with Crippen molar-refractivity contribution in [1.29, 1.82) is 0 Å². The Labute approximate surface area is 89.5 Å². The Morgan fingerprint density at radius 2 is 1.69 bits per heavy atom. The van der Waals surface area contributed by atoms with E-state index in [1.165, 1.54) is 5.56 Å². The van der Waals surface area contributed by atoms with E-state index in [1.54, 1.807) is 0 Å².